The molecule has 0 bridgehead atoms. The predicted octanol–water partition coefficient (Wildman–Crippen LogP) is 5.30. The lowest BCUT2D eigenvalue weighted by molar-refractivity contribution is -0.129. The van der Waals surface area contributed by atoms with Crippen LogP contribution in [0.5, 0.6) is 5.75 Å². The van der Waals surface area contributed by atoms with Crippen molar-refractivity contribution in [2.75, 3.05) is 6.61 Å². The second kappa shape index (κ2) is 6.94. The molecule has 0 radical (unpaired) electrons. The van der Waals surface area contributed by atoms with E-state index in [1.807, 2.05) is 55.5 Å². The highest BCUT2D eigenvalue weighted by molar-refractivity contribution is 7.21. The van der Waals surface area contributed by atoms with E-state index in [1.165, 1.54) is 11.3 Å². The van der Waals surface area contributed by atoms with E-state index in [-0.39, 0.29) is 11.6 Å². The number of halogens is 1. The molecule has 2 aromatic carbocycles. The van der Waals surface area contributed by atoms with Gasteiger partial charge < -0.3 is 9.47 Å². The molecule has 0 N–H and O–H groups in total. The van der Waals surface area contributed by atoms with Gasteiger partial charge in [-0.1, -0.05) is 41.9 Å². The van der Waals surface area contributed by atoms with Crippen LogP contribution in [0.15, 0.2) is 59.2 Å². The van der Waals surface area contributed by atoms with Crippen molar-refractivity contribution in [1.82, 2.24) is 0 Å². The van der Waals surface area contributed by atoms with E-state index < -0.39 is 5.97 Å². The van der Waals surface area contributed by atoms with Crippen molar-refractivity contribution in [1.29, 1.82) is 0 Å². The quantitative estimate of drug-likeness (QED) is 0.453. The second-order valence-electron chi connectivity index (χ2n) is 5.58. The van der Waals surface area contributed by atoms with Crippen molar-refractivity contribution in [3.05, 3.63) is 69.7 Å². The highest BCUT2D eigenvalue weighted by atomic mass is 35.5. The van der Waals surface area contributed by atoms with Crippen molar-refractivity contribution in [2.24, 2.45) is 4.99 Å². The molecular formula is C20H14ClNO3S. The zero-order chi connectivity index (χ0) is 18.1. The highest BCUT2D eigenvalue weighted by Crippen LogP contribution is 2.37. The topological polar surface area (TPSA) is 47.9 Å². The van der Waals surface area contributed by atoms with Gasteiger partial charge in [-0.15, -0.1) is 11.3 Å². The van der Waals surface area contributed by atoms with Gasteiger partial charge in [-0.05, 0) is 36.8 Å². The minimum atomic E-state index is -0.484. The summed E-state index contributed by atoms with van der Waals surface area (Å²) in [5.74, 6) is 0.547. The number of aliphatic imine (C=N–C) groups is 1. The lowest BCUT2D eigenvalue weighted by atomic mass is 10.2. The largest absolute Gasteiger partial charge is 0.494 e. The Bertz CT molecular complexity index is 1050. The van der Waals surface area contributed by atoms with E-state index >= 15 is 0 Å². The Hall–Kier alpha value is -2.63. The Balaban J connectivity index is 1.67. The van der Waals surface area contributed by atoms with Gasteiger partial charge in [0.15, 0.2) is 5.70 Å². The maximum absolute atomic E-state index is 12.2. The molecule has 1 aliphatic heterocycles. The van der Waals surface area contributed by atoms with Gasteiger partial charge in [-0.25, -0.2) is 9.79 Å². The van der Waals surface area contributed by atoms with Crippen LogP contribution in [-0.2, 0) is 9.53 Å². The van der Waals surface area contributed by atoms with E-state index in [1.54, 1.807) is 6.08 Å². The normalized spacial score (nSPS) is 15.4. The summed E-state index contributed by atoms with van der Waals surface area (Å²) in [7, 11) is 0. The lowest BCUT2D eigenvalue weighted by Crippen LogP contribution is -2.04. The van der Waals surface area contributed by atoms with Gasteiger partial charge in [-0.3, -0.25) is 0 Å². The van der Waals surface area contributed by atoms with Crippen molar-refractivity contribution in [3.63, 3.8) is 0 Å². The molecule has 6 heteroatoms. The third kappa shape index (κ3) is 3.11. The minimum absolute atomic E-state index is 0.248. The Morgan fingerprint density at radius 1 is 1.19 bits per heavy atom. The van der Waals surface area contributed by atoms with Crippen LogP contribution in [0.1, 0.15) is 17.4 Å². The van der Waals surface area contributed by atoms with Gasteiger partial charge in [0.05, 0.1) is 11.6 Å². The van der Waals surface area contributed by atoms with Gasteiger partial charge >= 0.3 is 5.97 Å². The van der Waals surface area contributed by atoms with Crippen LogP contribution >= 0.6 is 22.9 Å². The van der Waals surface area contributed by atoms with Crippen LogP contribution in [0.3, 0.4) is 0 Å². The van der Waals surface area contributed by atoms with Crippen molar-refractivity contribution in [3.8, 4) is 5.75 Å². The third-order valence-corrected chi connectivity index (χ3v) is 5.51. The molecule has 1 aromatic heterocycles. The molecule has 0 saturated heterocycles. The first-order valence-corrected chi connectivity index (χ1v) is 9.28. The number of ether oxygens (including phenoxy) is 2. The maximum atomic E-state index is 12.2. The van der Waals surface area contributed by atoms with Gasteiger partial charge in [-0.2, -0.15) is 0 Å². The van der Waals surface area contributed by atoms with Crippen LogP contribution in [0.4, 0.5) is 0 Å². The van der Waals surface area contributed by atoms with Crippen LogP contribution in [0.2, 0.25) is 5.02 Å². The number of thiophene rings is 1. The molecule has 0 fully saturated rings. The molecule has 130 valence electrons. The summed E-state index contributed by atoms with van der Waals surface area (Å²) < 4.78 is 11.8. The van der Waals surface area contributed by atoms with E-state index in [0.717, 1.165) is 21.4 Å². The molecule has 0 atom stereocenters. The van der Waals surface area contributed by atoms with Crippen LogP contribution in [-0.4, -0.2) is 18.5 Å². The molecule has 4 rings (SSSR count). The van der Waals surface area contributed by atoms with Crippen molar-refractivity contribution >= 4 is 51.0 Å². The summed E-state index contributed by atoms with van der Waals surface area (Å²) in [5, 5.41) is 1.48. The second-order valence-corrected chi connectivity index (χ2v) is 7.01. The standard InChI is InChI=1S/C20H14ClNO3S/c1-2-24-13-9-7-12(8-10-13)11-15-20(23)25-19(22-15)18-17(21)14-5-3-4-6-16(14)26-18/h3-11H,2H2,1H3/b15-11+. The average molecular weight is 384 g/mol. The first kappa shape index (κ1) is 16.8. The van der Waals surface area contributed by atoms with Crippen LogP contribution in [0, 0.1) is 0 Å². The molecular weight excluding hydrogens is 370 g/mol. The fourth-order valence-electron chi connectivity index (χ4n) is 2.64. The summed E-state index contributed by atoms with van der Waals surface area (Å²) in [6, 6.07) is 15.2. The molecule has 0 saturated carbocycles. The summed E-state index contributed by atoms with van der Waals surface area (Å²) >= 11 is 7.90. The number of hydrogen-bond acceptors (Lipinski definition) is 5. The summed E-state index contributed by atoms with van der Waals surface area (Å²) in [4.78, 5) is 17.2. The Labute approximate surface area is 159 Å². The average Bonchev–Trinajstić information content (AvgIpc) is 3.18. The molecule has 0 aliphatic carbocycles. The number of esters is 1. The monoisotopic (exact) mass is 383 g/mol. The number of rotatable bonds is 4. The lowest BCUT2D eigenvalue weighted by Gasteiger charge is -2.02. The Morgan fingerprint density at radius 2 is 1.96 bits per heavy atom. The molecule has 0 unspecified atom stereocenters. The van der Waals surface area contributed by atoms with Crippen molar-refractivity contribution < 1.29 is 14.3 Å². The zero-order valence-electron chi connectivity index (χ0n) is 13.9. The van der Waals surface area contributed by atoms with Gasteiger partial charge in [0.1, 0.15) is 10.6 Å². The van der Waals surface area contributed by atoms with E-state index in [9.17, 15) is 4.79 Å². The van der Waals surface area contributed by atoms with Crippen LogP contribution in [0.25, 0.3) is 16.2 Å². The molecule has 0 spiro atoms. The first-order chi connectivity index (χ1) is 12.7. The number of carbonyl (C=O) groups is 1. The Kier molecular flexibility index (Phi) is 4.49. The number of benzene rings is 2. The SMILES string of the molecule is CCOc1ccc(/C=C2/N=C(c3sc4ccccc4c3Cl)OC2=O)cc1. The van der Waals surface area contributed by atoms with Gasteiger partial charge in [0.2, 0.25) is 5.90 Å². The number of fused-ring (bicyclic) bond motifs is 1. The predicted molar refractivity (Wildman–Crippen MR) is 105 cm³/mol. The maximum Gasteiger partial charge on any atom is 0.363 e. The fraction of sp³-hybridized carbons (Fsp3) is 0.100. The number of carbonyl (C=O) groups excluding carboxylic acids is 1. The smallest absolute Gasteiger partial charge is 0.363 e. The Morgan fingerprint density at radius 3 is 2.69 bits per heavy atom. The summed E-state index contributed by atoms with van der Waals surface area (Å²) in [6.07, 6.45) is 1.69. The number of nitrogens with zero attached hydrogens (tertiary/aromatic N) is 1. The molecule has 3 aromatic rings. The van der Waals surface area contributed by atoms with E-state index in [2.05, 4.69) is 4.99 Å². The highest BCUT2D eigenvalue weighted by Gasteiger charge is 2.27. The molecule has 1 aliphatic rings. The molecule has 26 heavy (non-hydrogen) atoms. The fourth-order valence-corrected chi connectivity index (χ4v) is 4.08. The van der Waals surface area contributed by atoms with Crippen LogP contribution < -0.4 is 4.74 Å². The van der Waals surface area contributed by atoms with E-state index in [4.69, 9.17) is 21.1 Å². The third-order valence-electron chi connectivity index (χ3n) is 3.84. The zero-order valence-corrected chi connectivity index (χ0v) is 15.4. The number of cyclic esters (lactones) is 1. The molecule has 2 heterocycles. The van der Waals surface area contributed by atoms with E-state index in [0.29, 0.717) is 16.5 Å². The van der Waals surface area contributed by atoms with Crippen molar-refractivity contribution in [2.45, 2.75) is 6.92 Å². The molecule has 4 nitrogen and oxygen atoms in total. The number of hydrogen-bond donors (Lipinski definition) is 0. The summed E-state index contributed by atoms with van der Waals surface area (Å²) in [6.45, 7) is 2.54. The minimum Gasteiger partial charge on any atom is -0.494 e. The first-order valence-electron chi connectivity index (χ1n) is 8.08. The van der Waals surface area contributed by atoms with Gasteiger partial charge in [0.25, 0.3) is 0 Å². The van der Waals surface area contributed by atoms with Gasteiger partial charge in [0, 0.05) is 10.1 Å². The summed E-state index contributed by atoms with van der Waals surface area (Å²) in [5.41, 5.74) is 1.09. The molecule has 0 amide bonds.